The van der Waals surface area contributed by atoms with Crippen LogP contribution in [-0.4, -0.2) is 86.7 Å². The third kappa shape index (κ3) is 8.48. The Hall–Kier alpha value is -4.72. The highest BCUT2D eigenvalue weighted by Crippen LogP contribution is 2.45. The monoisotopic (exact) mass is 761 g/mol. The SMILES string of the molecule is C=CS(=O)(=O)CCN(C)c1nc(F)nc(Nc2ccc3c(O)c(N=Nc4ccc(C)cc4S(=O)(=O)O)c(S(=O)(=O)O)cc3c2S(=O)(=O)O)n1. The number of azo groups is 1. The number of phenols is 1. The molecule has 4 rings (SSSR count). The van der Waals surface area contributed by atoms with Crippen LogP contribution in [0.15, 0.2) is 73.3 Å². The first kappa shape index (κ1) is 37.1. The van der Waals surface area contributed by atoms with Crippen molar-refractivity contribution < 1.29 is 56.8 Å². The Kier molecular flexibility index (Phi) is 10.1. The number of hydrogen-bond acceptors (Lipinski definition) is 16. The number of benzene rings is 3. The van der Waals surface area contributed by atoms with Crippen LogP contribution in [0.25, 0.3) is 10.8 Å². The number of rotatable bonds is 12. The van der Waals surface area contributed by atoms with Gasteiger partial charge in [0.2, 0.25) is 11.9 Å². The van der Waals surface area contributed by atoms with Crippen LogP contribution in [0.4, 0.5) is 33.3 Å². The van der Waals surface area contributed by atoms with Gasteiger partial charge in [-0.1, -0.05) is 12.6 Å². The minimum Gasteiger partial charge on any atom is -0.505 e. The molecule has 0 aliphatic rings. The number of aryl methyl sites for hydroxylation is 1. The van der Waals surface area contributed by atoms with E-state index in [1.807, 2.05) is 0 Å². The van der Waals surface area contributed by atoms with Gasteiger partial charge in [0.1, 0.15) is 26.1 Å². The lowest BCUT2D eigenvalue weighted by atomic mass is 10.1. The van der Waals surface area contributed by atoms with Crippen LogP contribution in [0, 0.1) is 13.0 Å². The fourth-order valence-corrected chi connectivity index (χ4v) is 7.11. The van der Waals surface area contributed by atoms with Crippen LogP contribution in [0.3, 0.4) is 0 Å². The van der Waals surface area contributed by atoms with E-state index in [2.05, 4.69) is 37.1 Å². The van der Waals surface area contributed by atoms with Crippen LogP contribution < -0.4 is 10.2 Å². The molecule has 4 aromatic rings. The van der Waals surface area contributed by atoms with Gasteiger partial charge in [0.05, 0.1) is 11.4 Å². The molecule has 3 aromatic carbocycles. The molecular formula is C25H24FN7O12S4. The summed E-state index contributed by atoms with van der Waals surface area (Å²) < 4.78 is 141. The average Bonchev–Trinajstić information content (AvgIpc) is 2.97. The number of nitrogens with one attached hydrogen (secondary N) is 1. The van der Waals surface area contributed by atoms with Gasteiger partial charge >= 0.3 is 6.08 Å². The molecule has 0 radical (unpaired) electrons. The Morgan fingerprint density at radius 1 is 0.878 bits per heavy atom. The summed E-state index contributed by atoms with van der Waals surface area (Å²) in [5, 5.41) is 20.0. The Morgan fingerprint density at radius 3 is 2.12 bits per heavy atom. The van der Waals surface area contributed by atoms with Crippen LogP contribution in [0.2, 0.25) is 0 Å². The molecule has 49 heavy (non-hydrogen) atoms. The highest BCUT2D eigenvalue weighted by molar-refractivity contribution is 7.94. The number of anilines is 3. The van der Waals surface area contributed by atoms with Crippen molar-refractivity contribution in [1.82, 2.24) is 15.0 Å². The van der Waals surface area contributed by atoms with E-state index in [-0.39, 0.29) is 6.54 Å². The third-order valence-electron chi connectivity index (χ3n) is 6.52. The average molecular weight is 762 g/mol. The molecule has 0 spiro atoms. The second-order valence-corrected chi connectivity index (χ2v) is 16.2. The van der Waals surface area contributed by atoms with Gasteiger partial charge in [-0.05, 0) is 42.8 Å². The minimum absolute atomic E-state index is 0.234. The van der Waals surface area contributed by atoms with E-state index in [1.54, 1.807) is 0 Å². The van der Waals surface area contributed by atoms with E-state index >= 15 is 0 Å². The largest absolute Gasteiger partial charge is 0.505 e. The topological polar surface area (TPSA) is 296 Å². The lowest BCUT2D eigenvalue weighted by Crippen LogP contribution is -2.27. The molecule has 19 nitrogen and oxygen atoms in total. The van der Waals surface area contributed by atoms with Crippen molar-refractivity contribution in [2.45, 2.75) is 21.6 Å². The zero-order chi connectivity index (χ0) is 36.7. The maximum atomic E-state index is 14.4. The van der Waals surface area contributed by atoms with Crippen molar-refractivity contribution in [2.24, 2.45) is 10.2 Å². The van der Waals surface area contributed by atoms with E-state index in [9.17, 15) is 56.8 Å². The van der Waals surface area contributed by atoms with Gasteiger partial charge in [-0.2, -0.15) is 44.6 Å². The normalized spacial score (nSPS) is 12.8. The molecule has 262 valence electrons. The summed E-state index contributed by atoms with van der Waals surface area (Å²) in [6.07, 6.45) is -1.40. The van der Waals surface area contributed by atoms with E-state index in [1.165, 1.54) is 20.0 Å². The summed E-state index contributed by atoms with van der Waals surface area (Å²) in [5.74, 6) is -2.64. The molecule has 0 aliphatic carbocycles. The van der Waals surface area contributed by atoms with Crippen LogP contribution in [-0.2, 0) is 40.2 Å². The Labute approximate surface area is 278 Å². The molecule has 5 N–H and O–H groups in total. The van der Waals surface area contributed by atoms with Gasteiger partial charge in [0.25, 0.3) is 30.4 Å². The highest BCUT2D eigenvalue weighted by atomic mass is 32.2. The van der Waals surface area contributed by atoms with E-state index < -0.39 is 112 Å². The minimum atomic E-state index is -5.39. The number of hydrogen-bond donors (Lipinski definition) is 5. The quantitative estimate of drug-likeness (QED) is 0.102. The van der Waals surface area contributed by atoms with Crippen molar-refractivity contribution in [3.63, 3.8) is 0 Å². The Balaban J connectivity index is 1.90. The lowest BCUT2D eigenvalue weighted by molar-refractivity contribution is 0.471. The van der Waals surface area contributed by atoms with Gasteiger partial charge in [0, 0.05) is 29.8 Å². The van der Waals surface area contributed by atoms with E-state index in [0.717, 1.165) is 34.6 Å². The third-order valence-corrected chi connectivity index (χ3v) is 10.5. The number of aromatic hydroxyl groups is 1. The highest BCUT2D eigenvalue weighted by Gasteiger charge is 2.28. The molecule has 1 aromatic heterocycles. The number of halogens is 1. The fraction of sp³-hybridized carbons (Fsp3) is 0.160. The van der Waals surface area contributed by atoms with Crippen molar-refractivity contribution in [1.29, 1.82) is 0 Å². The summed E-state index contributed by atoms with van der Waals surface area (Å²) in [6, 6.07) is 5.91. The predicted octanol–water partition coefficient (Wildman–Crippen LogP) is 3.07. The Bertz CT molecular complexity index is 2500. The van der Waals surface area contributed by atoms with Gasteiger partial charge in [-0.3, -0.25) is 13.7 Å². The molecule has 0 aliphatic heterocycles. The molecule has 0 bridgehead atoms. The molecule has 24 heteroatoms. The first-order valence-corrected chi connectivity index (χ1v) is 19.1. The van der Waals surface area contributed by atoms with Crippen molar-refractivity contribution in [3.05, 3.63) is 60.0 Å². The maximum absolute atomic E-state index is 14.4. The maximum Gasteiger partial charge on any atom is 0.315 e. The van der Waals surface area contributed by atoms with Gasteiger partial charge in [0.15, 0.2) is 15.6 Å². The smallest absolute Gasteiger partial charge is 0.315 e. The molecule has 0 unspecified atom stereocenters. The molecule has 1 heterocycles. The summed E-state index contributed by atoms with van der Waals surface area (Å²) in [7, 11) is -18.0. The van der Waals surface area contributed by atoms with Crippen LogP contribution in [0.1, 0.15) is 5.56 Å². The second kappa shape index (κ2) is 13.3. The molecule has 0 amide bonds. The fourth-order valence-electron chi connectivity index (χ4n) is 4.21. The first-order valence-electron chi connectivity index (χ1n) is 13.0. The number of sulfone groups is 1. The van der Waals surface area contributed by atoms with Crippen LogP contribution >= 0.6 is 0 Å². The summed E-state index contributed by atoms with van der Waals surface area (Å²) in [6.45, 7) is 4.44. The molecule has 0 fully saturated rings. The summed E-state index contributed by atoms with van der Waals surface area (Å²) in [5.41, 5.74) is -1.73. The summed E-state index contributed by atoms with van der Waals surface area (Å²) >= 11 is 0. The number of phenolic OH excluding ortho intramolecular Hbond substituents is 1. The first-order chi connectivity index (χ1) is 22.5. The molecule has 0 saturated carbocycles. The number of aromatic nitrogens is 3. The lowest BCUT2D eigenvalue weighted by Gasteiger charge is -2.18. The molecular weight excluding hydrogens is 738 g/mol. The predicted molar refractivity (Wildman–Crippen MR) is 171 cm³/mol. The molecule has 0 saturated heterocycles. The van der Waals surface area contributed by atoms with Gasteiger partial charge < -0.3 is 15.3 Å². The number of nitrogens with zero attached hydrogens (tertiary/aromatic N) is 6. The van der Waals surface area contributed by atoms with Crippen molar-refractivity contribution in [3.8, 4) is 5.75 Å². The summed E-state index contributed by atoms with van der Waals surface area (Å²) in [4.78, 5) is 8.79. The van der Waals surface area contributed by atoms with E-state index in [4.69, 9.17) is 0 Å². The zero-order valence-corrected chi connectivity index (χ0v) is 28.2. The van der Waals surface area contributed by atoms with Crippen molar-refractivity contribution in [2.75, 3.05) is 29.6 Å². The Morgan fingerprint density at radius 2 is 1.53 bits per heavy atom. The van der Waals surface area contributed by atoms with Gasteiger partial charge in [-0.15, -0.1) is 10.2 Å². The second-order valence-electron chi connectivity index (χ2n) is 10.0. The zero-order valence-electron chi connectivity index (χ0n) is 24.9. The van der Waals surface area contributed by atoms with E-state index in [0.29, 0.717) is 11.6 Å². The molecule has 0 atom stereocenters. The van der Waals surface area contributed by atoms with Gasteiger partial charge in [-0.25, -0.2) is 8.42 Å². The van der Waals surface area contributed by atoms with Crippen molar-refractivity contribution >= 4 is 79.9 Å². The standard InChI is InChI=1S/C25H24FN7O12S4/c1-4-46(35,36)10-9-33(3)25-29-23(26)28-24(30-25)27-17-8-6-14-15(22(17)49(43,44)45)12-19(48(40,41)42)20(21(14)34)32-31-16-7-5-13(2)11-18(16)47(37,38)39/h4-8,11-12,34H,1,9-10H2,2-3H3,(H,37,38,39)(H,40,41,42)(H,43,44,45)(H,27,28,29,30). The number of fused-ring (bicyclic) bond motifs is 1. The van der Waals surface area contributed by atoms with Crippen LogP contribution in [0.5, 0.6) is 5.75 Å².